The summed E-state index contributed by atoms with van der Waals surface area (Å²) in [5, 5.41) is 0.364. The van der Waals surface area contributed by atoms with Gasteiger partial charge in [0.2, 0.25) is 0 Å². The van der Waals surface area contributed by atoms with E-state index in [1.54, 1.807) is 18.2 Å². The van der Waals surface area contributed by atoms with Crippen LogP contribution in [0.2, 0.25) is 0 Å². The lowest BCUT2D eigenvalue weighted by atomic mass is 10.2. The fraction of sp³-hybridized carbons (Fsp3) is 0.250. The van der Waals surface area contributed by atoms with Crippen molar-refractivity contribution in [3.63, 3.8) is 0 Å². The number of aldehydes is 1. The van der Waals surface area contributed by atoms with Crippen molar-refractivity contribution in [2.75, 3.05) is 13.2 Å². The summed E-state index contributed by atoms with van der Waals surface area (Å²) in [6, 6.07) is 5.13. The molecule has 0 amide bonds. The van der Waals surface area contributed by atoms with E-state index in [0.29, 0.717) is 28.7 Å². The largest absolute Gasteiger partial charge is 0.490 e. The maximum absolute atomic E-state index is 10.8. The Morgan fingerprint density at radius 1 is 1.50 bits per heavy atom. The highest BCUT2D eigenvalue weighted by molar-refractivity contribution is 6.29. The molecule has 0 N–H and O–H groups in total. The molecule has 0 fully saturated rings. The molecule has 4 heteroatoms. The van der Waals surface area contributed by atoms with Crippen LogP contribution in [-0.4, -0.2) is 19.5 Å². The molecule has 0 radical (unpaired) electrons. The average molecular weight is 241 g/mol. The van der Waals surface area contributed by atoms with Gasteiger partial charge in [0.05, 0.1) is 12.2 Å². The van der Waals surface area contributed by atoms with Gasteiger partial charge in [0.1, 0.15) is 6.61 Å². The Morgan fingerprint density at radius 3 is 2.81 bits per heavy atom. The summed E-state index contributed by atoms with van der Waals surface area (Å²) in [6.45, 7) is 6.02. The fourth-order valence-corrected chi connectivity index (χ4v) is 1.25. The molecule has 0 saturated carbocycles. The maximum Gasteiger partial charge on any atom is 0.172 e. The van der Waals surface area contributed by atoms with Crippen molar-refractivity contribution >= 4 is 17.9 Å². The molecular weight excluding hydrogens is 228 g/mol. The van der Waals surface area contributed by atoms with Gasteiger partial charge in [0.25, 0.3) is 0 Å². The second-order valence-electron chi connectivity index (χ2n) is 3.03. The molecule has 86 valence electrons. The Bertz CT molecular complexity index is 388. The van der Waals surface area contributed by atoms with Crippen LogP contribution in [0, 0.1) is 0 Å². The first-order valence-corrected chi connectivity index (χ1v) is 5.24. The molecule has 0 atom stereocenters. The maximum atomic E-state index is 10.8. The summed E-state index contributed by atoms with van der Waals surface area (Å²) in [7, 11) is 0. The second kappa shape index (κ2) is 6.18. The van der Waals surface area contributed by atoms with E-state index in [1.807, 2.05) is 6.92 Å². The van der Waals surface area contributed by atoms with Crippen LogP contribution in [0.3, 0.4) is 0 Å². The molecule has 0 unspecified atom stereocenters. The van der Waals surface area contributed by atoms with Crippen molar-refractivity contribution in [1.82, 2.24) is 0 Å². The highest BCUT2D eigenvalue weighted by atomic mass is 35.5. The molecule has 0 aliphatic heterocycles. The van der Waals surface area contributed by atoms with Crippen molar-refractivity contribution < 1.29 is 14.3 Å². The van der Waals surface area contributed by atoms with Crippen molar-refractivity contribution in [2.45, 2.75) is 6.92 Å². The number of hydrogen-bond donors (Lipinski definition) is 0. The van der Waals surface area contributed by atoms with Crippen LogP contribution in [0.15, 0.2) is 29.8 Å². The minimum absolute atomic E-state index is 0.145. The number of rotatable bonds is 6. The predicted octanol–water partition coefficient (Wildman–Crippen LogP) is 3.03. The Balaban J connectivity index is 2.98. The lowest BCUT2D eigenvalue weighted by Crippen LogP contribution is -2.03. The molecule has 16 heavy (non-hydrogen) atoms. The molecule has 1 aromatic rings. The average Bonchev–Trinajstić information content (AvgIpc) is 2.27. The Kier molecular flexibility index (Phi) is 4.86. The summed E-state index contributed by atoms with van der Waals surface area (Å²) in [5.74, 6) is 0.936. The summed E-state index contributed by atoms with van der Waals surface area (Å²) >= 11 is 5.60. The van der Waals surface area contributed by atoms with Crippen LogP contribution in [0.1, 0.15) is 17.3 Å². The molecule has 3 nitrogen and oxygen atoms in total. The molecule has 0 heterocycles. The van der Waals surface area contributed by atoms with E-state index >= 15 is 0 Å². The van der Waals surface area contributed by atoms with Crippen LogP contribution in [0.4, 0.5) is 0 Å². The van der Waals surface area contributed by atoms with Crippen LogP contribution in [-0.2, 0) is 0 Å². The highest BCUT2D eigenvalue weighted by Crippen LogP contribution is 2.30. The zero-order valence-corrected chi connectivity index (χ0v) is 9.79. The van der Waals surface area contributed by atoms with Crippen molar-refractivity contribution in [3.05, 3.63) is 35.4 Å². The number of carbonyl (C=O) groups is 1. The molecule has 0 saturated heterocycles. The van der Waals surface area contributed by atoms with Crippen LogP contribution in [0.5, 0.6) is 11.5 Å². The predicted molar refractivity (Wildman–Crippen MR) is 63.5 cm³/mol. The first-order chi connectivity index (χ1) is 7.69. The lowest BCUT2D eigenvalue weighted by Gasteiger charge is -2.12. The van der Waals surface area contributed by atoms with Gasteiger partial charge in [-0.3, -0.25) is 4.79 Å². The van der Waals surface area contributed by atoms with Crippen molar-refractivity contribution in [1.29, 1.82) is 0 Å². The minimum Gasteiger partial charge on any atom is -0.490 e. The fourth-order valence-electron chi connectivity index (χ4n) is 1.20. The normalized spacial score (nSPS) is 9.62. The molecule has 0 aliphatic rings. The molecule has 1 aromatic carbocycles. The number of hydrogen-bond acceptors (Lipinski definition) is 3. The van der Waals surface area contributed by atoms with Gasteiger partial charge in [-0.2, -0.15) is 0 Å². The number of carbonyl (C=O) groups excluding carboxylic acids is 1. The SMILES string of the molecule is C=C(Cl)COc1c(C=O)cccc1OCC. The zero-order valence-electron chi connectivity index (χ0n) is 9.03. The Labute approximate surface area is 99.6 Å². The summed E-state index contributed by atoms with van der Waals surface area (Å²) in [6.07, 6.45) is 0.717. The van der Waals surface area contributed by atoms with Gasteiger partial charge in [0.15, 0.2) is 17.8 Å². The molecule has 1 rings (SSSR count). The molecule has 0 aliphatic carbocycles. The van der Waals surface area contributed by atoms with Gasteiger partial charge in [-0.05, 0) is 19.1 Å². The van der Waals surface area contributed by atoms with E-state index in [9.17, 15) is 4.79 Å². The third kappa shape index (κ3) is 3.28. The number of halogens is 1. The van der Waals surface area contributed by atoms with E-state index < -0.39 is 0 Å². The molecule has 0 spiro atoms. The minimum atomic E-state index is 0.145. The molecule has 0 aromatic heterocycles. The number of ether oxygens (including phenoxy) is 2. The van der Waals surface area contributed by atoms with Crippen molar-refractivity contribution in [3.8, 4) is 11.5 Å². The first-order valence-electron chi connectivity index (χ1n) is 4.86. The summed E-state index contributed by atoms with van der Waals surface area (Å²) in [4.78, 5) is 10.8. The van der Waals surface area contributed by atoms with Crippen LogP contribution in [0.25, 0.3) is 0 Å². The van der Waals surface area contributed by atoms with Gasteiger partial charge >= 0.3 is 0 Å². The Hall–Kier alpha value is -1.48. The third-order valence-electron chi connectivity index (χ3n) is 1.81. The number of benzene rings is 1. The topological polar surface area (TPSA) is 35.5 Å². The molecule has 0 bridgehead atoms. The second-order valence-corrected chi connectivity index (χ2v) is 3.57. The first kappa shape index (κ1) is 12.6. The number of para-hydroxylation sites is 1. The van der Waals surface area contributed by atoms with E-state index in [1.165, 1.54) is 0 Å². The summed E-state index contributed by atoms with van der Waals surface area (Å²) in [5.41, 5.74) is 0.434. The quantitative estimate of drug-likeness (QED) is 0.717. The van der Waals surface area contributed by atoms with E-state index in [-0.39, 0.29) is 6.61 Å². The lowest BCUT2D eigenvalue weighted by molar-refractivity contribution is 0.111. The molecular formula is C12H13ClO3. The van der Waals surface area contributed by atoms with E-state index in [2.05, 4.69) is 6.58 Å². The smallest absolute Gasteiger partial charge is 0.172 e. The highest BCUT2D eigenvalue weighted by Gasteiger charge is 2.10. The standard InChI is InChI=1S/C12H13ClO3/c1-3-15-11-6-4-5-10(7-14)12(11)16-8-9(2)13/h4-7H,2-3,8H2,1H3. The van der Waals surface area contributed by atoms with Gasteiger partial charge in [-0.25, -0.2) is 0 Å². The zero-order chi connectivity index (χ0) is 12.0. The van der Waals surface area contributed by atoms with Gasteiger partial charge in [-0.15, -0.1) is 0 Å². The summed E-state index contributed by atoms with van der Waals surface area (Å²) < 4.78 is 10.7. The monoisotopic (exact) mass is 240 g/mol. The third-order valence-corrected chi connectivity index (χ3v) is 1.92. The van der Waals surface area contributed by atoms with Crippen LogP contribution < -0.4 is 9.47 Å². The van der Waals surface area contributed by atoms with E-state index in [4.69, 9.17) is 21.1 Å². The Morgan fingerprint density at radius 2 is 2.25 bits per heavy atom. The van der Waals surface area contributed by atoms with E-state index in [0.717, 1.165) is 6.29 Å². The van der Waals surface area contributed by atoms with Gasteiger partial charge < -0.3 is 9.47 Å². The van der Waals surface area contributed by atoms with Gasteiger partial charge in [0, 0.05) is 5.03 Å². The van der Waals surface area contributed by atoms with Gasteiger partial charge in [-0.1, -0.05) is 24.2 Å². The van der Waals surface area contributed by atoms with Crippen LogP contribution >= 0.6 is 11.6 Å². The van der Waals surface area contributed by atoms with Crippen molar-refractivity contribution in [2.24, 2.45) is 0 Å².